The Morgan fingerprint density at radius 1 is 1.00 bits per heavy atom. The summed E-state index contributed by atoms with van der Waals surface area (Å²) in [5.41, 5.74) is 0. The van der Waals surface area contributed by atoms with Crippen molar-refractivity contribution in [1.29, 1.82) is 0 Å². The van der Waals surface area contributed by atoms with Crippen LogP contribution in [0.15, 0.2) is 0 Å². The number of carboxylic acids is 2. The Morgan fingerprint density at radius 3 is 2.05 bits per heavy atom. The lowest BCUT2D eigenvalue weighted by atomic mass is 9.66. The second-order valence-corrected chi connectivity index (χ2v) is 7.21. The first kappa shape index (κ1) is 13.9. The molecule has 20 heavy (non-hydrogen) atoms. The van der Waals surface area contributed by atoms with Crippen LogP contribution in [0.25, 0.3) is 0 Å². The molecule has 3 fully saturated rings. The molecule has 0 amide bonds. The van der Waals surface area contributed by atoms with Gasteiger partial charge in [-0.15, -0.1) is 0 Å². The number of fused-ring (bicyclic) bond motifs is 5. The zero-order valence-corrected chi connectivity index (χ0v) is 12.2. The highest BCUT2D eigenvalue weighted by Crippen LogP contribution is 2.67. The normalized spacial score (nSPS) is 49.3. The van der Waals surface area contributed by atoms with E-state index in [4.69, 9.17) is 0 Å². The molecule has 0 aromatic heterocycles. The molecule has 0 saturated heterocycles. The smallest absolute Gasteiger partial charge is 0.307 e. The molecule has 0 aliphatic heterocycles. The Kier molecular flexibility index (Phi) is 3.30. The number of aliphatic carboxylic acids is 2. The van der Waals surface area contributed by atoms with Crippen LogP contribution >= 0.6 is 0 Å². The average molecular weight is 280 g/mol. The average Bonchev–Trinajstić information content (AvgIpc) is 2.99. The molecule has 4 heteroatoms. The monoisotopic (exact) mass is 280 g/mol. The van der Waals surface area contributed by atoms with Crippen molar-refractivity contribution in [2.75, 3.05) is 0 Å². The first-order chi connectivity index (χ1) is 9.47. The third kappa shape index (κ3) is 1.73. The van der Waals surface area contributed by atoms with E-state index in [2.05, 4.69) is 13.8 Å². The van der Waals surface area contributed by atoms with Gasteiger partial charge >= 0.3 is 11.9 Å². The van der Waals surface area contributed by atoms with E-state index in [0.29, 0.717) is 23.7 Å². The van der Waals surface area contributed by atoms with Gasteiger partial charge in [0.05, 0.1) is 11.8 Å². The van der Waals surface area contributed by atoms with E-state index in [9.17, 15) is 19.8 Å². The lowest BCUT2D eigenvalue weighted by Gasteiger charge is -2.37. The summed E-state index contributed by atoms with van der Waals surface area (Å²) in [6.45, 7) is 4.42. The summed E-state index contributed by atoms with van der Waals surface area (Å²) in [6.07, 6.45) is 4.29. The Bertz CT molecular complexity index is 432. The van der Waals surface area contributed by atoms with Crippen LogP contribution < -0.4 is 0 Å². The molecule has 2 N–H and O–H groups in total. The number of carboxylic acid groups (broad SMARTS) is 2. The molecule has 3 saturated carbocycles. The quantitative estimate of drug-likeness (QED) is 0.830. The largest absolute Gasteiger partial charge is 0.481 e. The molecule has 0 radical (unpaired) electrons. The van der Waals surface area contributed by atoms with Crippen molar-refractivity contribution >= 4 is 11.9 Å². The second-order valence-electron chi connectivity index (χ2n) is 7.21. The van der Waals surface area contributed by atoms with Crippen LogP contribution in [0.2, 0.25) is 0 Å². The molecule has 112 valence electrons. The summed E-state index contributed by atoms with van der Waals surface area (Å²) in [4.78, 5) is 23.1. The maximum Gasteiger partial charge on any atom is 0.307 e. The molecule has 3 aliphatic rings. The maximum atomic E-state index is 11.6. The van der Waals surface area contributed by atoms with Gasteiger partial charge in [0.1, 0.15) is 0 Å². The lowest BCUT2D eigenvalue weighted by Crippen LogP contribution is -2.43. The van der Waals surface area contributed by atoms with Gasteiger partial charge in [0.2, 0.25) is 0 Å². The van der Waals surface area contributed by atoms with Gasteiger partial charge in [-0.25, -0.2) is 0 Å². The van der Waals surface area contributed by atoms with Crippen molar-refractivity contribution in [2.24, 2.45) is 47.3 Å². The fraction of sp³-hybridized carbons (Fsp3) is 0.875. The van der Waals surface area contributed by atoms with E-state index in [-0.39, 0.29) is 11.8 Å². The van der Waals surface area contributed by atoms with Gasteiger partial charge in [-0.2, -0.15) is 0 Å². The Balaban J connectivity index is 1.93. The van der Waals surface area contributed by atoms with Gasteiger partial charge in [-0.05, 0) is 48.3 Å². The van der Waals surface area contributed by atoms with Crippen LogP contribution in [0.5, 0.6) is 0 Å². The van der Waals surface area contributed by atoms with Crippen LogP contribution in [0, 0.1) is 47.3 Å². The predicted octanol–water partition coefficient (Wildman–Crippen LogP) is 2.73. The van der Waals surface area contributed by atoms with Crippen LogP contribution in [-0.4, -0.2) is 22.2 Å². The number of carbonyl (C=O) groups is 2. The summed E-state index contributed by atoms with van der Waals surface area (Å²) in [7, 11) is 0. The summed E-state index contributed by atoms with van der Waals surface area (Å²) in [5, 5.41) is 19.0. The topological polar surface area (TPSA) is 74.6 Å². The van der Waals surface area contributed by atoms with Crippen molar-refractivity contribution in [3.8, 4) is 0 Å². The van der Waals surface area contributed by atoms with Gasteiger partial charge in [0, 0.05) is 0 Å². The SMILES string of the molecule is CCCC1CC(C)C2C3CC(C(C(=O)O)C3C(=O)O)C12. The Hall–Kier alpha value is -1.06. The van der Waals surface area contributed by atoms with Gasteiger partial charge in [0.25, 0.3) is 0 Å². The minimum absolute atomic E-state index is 0.0976. The highest BCUT2D eigenvalue weighted by atomic mass is 16.4. The van der Waals surface area contributed by atoms with Crippen LogP contribution in [0.3, 0.4) is 0 Å². The molecule has 0 spiro atoms. The summed E-state index contributed by atoms with van der Waals surface area (Å²) in [6, 6.07) is 0. The van der Waals surface area contributed by atoms with Crippen molar-refractivity contribution in [1.82, 2.24) is 0 Å². The van der Waals surface area contributed by atoms with Crippen LogP contribution in [0.4, 0.5) is 0 Å². The molecular weight excluding hydrogens is 256 g/mol. The highest BCUT2D eigenvalue weighted by Gasteiger charge is 2.66. The molecule has 3 rings (SSSR count). The number of hydrogen-bond acceptors (Lipinski definition) is 2. The van der Waals surface area contributed by atoms with Gasteiger partial charge in [-0.3, -0.25) is 9.59 Å². The molecule has 8 unspecified atom stereocenters. The fourth-order valence-corrected chi connectivity index (χ4v) is 6.12. The molecule has 2 bridgehead atoms. The standard InChI is InChI=1S/C16H24O4/c1-3-4-8-5-7(2)11-9-6-10(12(8)11)14(16(19)20)13(9)15(17)18/h7-14H,3-6H2,1-2H3,(H,17,18)(H,19,20). The summed E-state index contributed by atoms with van der Waals surface area (Å²) in [5.74, 6) is -0.794. The molecule has 8 atom stereocenters. The van der Waals surface area contributed by atoms with Gasteiger partial charge in [0.15, 0.2) is 0 Å². The van der Waals surface area contributed by atoms with Crippen molar-refractivity contribution in [3.63, 3.8) is 0 Å². The molecule has 0 aromatic carbocycles. The van der Waals surface area contributed by atoms with Crippen LogP contribution in [-0.2, 0) is 9.59 Å². The van der Waals surface area contributed by atoms with Crippen molar-refractivity contribution in [2.45, 2.75) is 39.5 Å². The first-order valence-corrected chi connectivity index (χ1v) is 7.93. The lowest BCUT2D eigenvalue weighted by molar-refractivity contribution is -0.159. The van der Waals surface area contributed by atoms with Gasteiger partial charge in [-0.1, -0.05) is 26.7 Å². The minimum Gasteiger partial charge on any atom is -0.481 e. The number of rotatable bonds is 4. The maximum absolute atomic E-state index is 11.6. The minimum atomic E-state index is -0.894. The third-order valence-corrected chi connectivity index (χ3v) is 6.39. The second kappa shape index (κ2) is 4.74. The van der Waals surface area contributed by atoms with E-state index >= 15 is 0 Å². The van der Waals surface area contributed by atoms with Gasteiger partial charge < -0.3 is 10.2 Å². The molecule has 4 nitrogen and oxygen atoms in total. The van der Waals surface area contributed by atoms with E-state index in [0.717, 1.165) is 19.3 Å². The molecule has 0 aromatic rings. The molecule has 0 heterocycles. The number of hydrogen-bond donors (Lipinski definition) is 2. The third-order valence-electron chi connectivity index (χ3n) is 6.39. The van der Waals surface area contributed by atoms with E-state index in [1.54, 1.807) is 0 Å². The van der Waals surface area contributed by atoms with E-state index < -0.39 is 23.8 Å². The fourth-order valence-electron chi connectivity index (χ4n) is 6.12. The predicted molar refractivity (Wildman–Crippen MR) is 73.0 cm³/mol. The Morgan fingerprint density at radius 2 is 1.55 bits per heavy atom. The van der Waals surface area contributed by atoms with Crippen LogP contribution in [0.1, 0.15) is 39.5 Å². The summed E-state index contributed by atoms with van der Waals surface area (Å²) >= 11 is 0. The first-order valence-electron chi connectivity index (χ1n) is 7.93. The molecular formula is C16H24O4. The van der Waals surface area contributed by atoms with E-state index in [1.165, 1.54) is 6.42 Å². The van der Waals surface area contributed by atoms with E-state index in [1.807, 2.05) is 0 Å². The Labute approximate surface area is 119 Å². The zero-order valence-electron chi connectivity index (χ0n) is 12.2. The zero-order chi connectivity index (χ0) is 14.6. The van der Waals surface area contributed by atoms with Crippen molar-refractivity contribution in [3.05, 3.63) is 0 Å². The van der Waals surface area contributed by atoms with Crippen molar-refractivity contribution < 1.29 is 19.8 Å². The highest BCUT2D eigenvalue weighted by molar-refractivity contribution is 5.82. The summed E-state index contributed by atoms with van der Waals surface area (Å²) < 4.78 is 0. The molecule has 3 aliphatic carbocycles.